The minimum absolute atomic E-state index is 0.0678. The first-order valence-corrected chi connectivity index (χ1v) is 6.58. The van der Waals surface area contributed by atoms with Crippen LogP contribution in [-0.2, 0) is 18.9 Å². The van der Waals surface area contributed by atoms with Gasteiger partial charge >= 0.3 is 0 Å². The molecule has 5 nitrogen and oxygen atoms in total. The van der Waals surface area contributed by atoms with Crippen molar-refractivity contribution in [3.8, 4) is 0 Å². The Hall–Kier alpha value is -0.720. The Morgan fingerprint density at radius 2 is 2.16 bits per heavy atom. The average molecular weight is 270 g/mol. The summed E-state index contributed by atoms with van der Waals surface area (Å²) < 4.78 is 22.7. The zero-order valence-corrected chi connectivity index (χ0v) is 11.5. The van der Waals surface area contributed by atoms with E-state index in [1.54, 1.807) is 6.08 Å². The Kier molecular flexibility index (Phi) is 4.76. The van der Waals surface area contributed by atoms with Crippen molar-refractivity contribution in [1.29, 1.82) is 0 Å². The Morgan fingerprint density at radius 1 is 1.37 bits per heavy atom. The van der Waals surface area contributed by atoms with E-state index < -0.39 is 12.1 Å². The number of hydrogen-bond donors (Lipinski definition) is 1. The summed E-state index contributed by atoms with van der Waals surface area (Å²) in [5.41, 5.74) is 0.994. The first kappa shape index (κ1) is 14.7. The second-order valence-electron chi connectivity index (χ2n) is 5.09. The van der Waals surface area contributed by atoms with Crippen LogP contribution in [0.2, 0.25) is 0 Å². The Morgan fingerprint density at radius 3 is 2.84 bits per heavy atom. The van der Waals surface area contributed by atoms with Crippen molar-refractivity contribution in [2.75, 3.05) is 19.8 Å². The zero-order valence-electron chi connectivity index (χ0n) is 11.5. The molecule has 2 fully saturated rings. The molecule has 2 aliphatic rings. The molecule has 108 valence electrons. The molecule has 1 N–H and O–H groups in total. The molecule has 0 saturated carbocycles. The number of rotatable bonds is 6. The van der Waals surface area contributed by atoms with Gasteiger partial charge in [0.05, 0.1) is 19.3 Å². The van der Waals surface area contributed by atoms with Crippen molar-refractivity contribution >= 4 is 0 Å². The first-order valence-electron chi connectivity index (χ1n) is 6.58. The summed E-state index contributed by atoms with van der Waals surface area (Å²) in [5, 5.41) is 9.09. The molecule has 2 saturated heterocycles. The van der Waals surface area contributed by atoms with Crippen LogP contribution < -0.4 is 0 Å². The van der Waals surface area contributed by atoms with Gasteiger partial charge in [0.15, 0.2) is 12.1 Å². The fraction of sp³-hybridized carbons (Fsp3) is 0.714. The fourth-order valence-electron chi connectivity index (χ4n) is 2.38. The van der Waals surface area contributed by atoms with Crippen molar-refractivity contribution < 1.29 is 24.1 Å². The maximum absolute atomic E-state index is 9.09. The fourth-order valence-corrected chi connectivity index (χ4v) is 2.38. The summed E-state index contributed by atoms with van der Waals surface area (Å²) in [6.45, 7) is 8.37. The van der Waals surface area contributed by atoms with Gasteiger partial charge in [-0.05, 0) is 19.4 Å². The summed E-state index contributed by atoms with van der Waals surface area (Å²) in [7, 11) is 0. The molecule has 2 heterocycles. The SMILES string of the molecule is C=CCOC/C=C1\[C@H]2OC(C)(C)O[C@H]2O[C@@H]1CCO. The predicted octanol–water partition coefficient (Wildman–Crippen LogP) is 1.37. The van der Waals surface area contributed by atoms with E-state index in [2.05, 4.69) is 6.58 Å². The van der Waals surface area contributed by atoms with E-state index in [0.29, 0.717) is 19.6 Å². The lowest BCUT2D eigenvalue weighted by atomic mass is 10.0. The van der Waals surface area contributed by atoms with Gasteiger partial charge < -0.3 is 24.1 Å². The van der Waals surface area contributed by atoms with Crippen LogP contribution in [0.15, 0.2) is 24.3 Å². The van der Waals surface area contributed by atoms with E-state index in [-0.39, 0.29) is 18.8 Å². The van der Waals surface area contributed by atoms with Crippen LogP contribution in [0.3, 0.4) is 0 Å². The van der Waals surface area contributed by atoms with Crippen LogP contribution in [0.5, 0.6) is 0 Å². The predicted molar refractivity (Wildman–Crippen MR) is 69.5 cm³/mol. The highest BCUT2D eigenvalue weighted by Gasteiger charge is 2.51. The third kappa shape index (κ3) is 3.43. The first-order chi connectivity index (χ1) is 9.07. The maximum atomic E-state index is 9.09. The van der Waals surface area contributed by atoms with Gasteiger partial charge in [0.1, 0.15) is 6.10 Å². The number of hydrogen-bond acceptors (Lipinski definition) is 5. The lowest BCUT2D eigenvalue weighted by Crippen LogP contribution is -2.26. The van der Waals surface area contributed by atoms with E-state index in [1.807, 2.05) is 19.9 Å². The van der Waals surface area contributed by atoms with Gasteiger partial charge in [-0.15, -0.1) is 6.58 Å². The topological polar surface area (TPSA) is 57.2 Å². The third-order valence-electron chi connectivity index (χ3n) is 3.12. The van der Waals surface area contributed by atoms with Gasteiger partial charge in [0, 0.05) is 13.0 Å². The zero-order chi connectivity index (χ0) is 13.9. The Balaban J connectivity index is 2.03. The van der Waals surface area contributed by atoms with Gasteiger partial charge in [0.25, 0.3) is 0 Å². The van der Waals surface area contributed by atoms with Gasteiger partial charge in [-0.3, -0.25) is 0 Å². The summed E-state index contributed by atoms with van der Waals surface area (Å²) in [6, 6.07) is 0. The quantitative estimate of drug-likeness (QED) is 0.583. The van der Waals surface area contributed by atoms with Crippen molar-refractivity contribution in [2.45, 2.75) is 44.6 Å². The maximum Gasteiger partial charge on any atom is 0.191 e. The third-order valence-corrected chi connectivity index (χ3v) is 3.12. The number of aliphatic hydroxyl groups excluding tert-OH is 1. The molecule has 0 unspecified atom stereocenters. The van der Waals surface area contributed by atoms with Crippen molar-refractivity contribution in [3.63, 3.8) is 0 Å². The summed E-state index contributed by atoms with van der Waals surface area (Å²) >= 11 is 0. The molecule has 0 aromatic rings. The molecule has 2 rings (SSSR count). The van der Waals surface area contributed by atoms with Crippen LogP contribution >= 0.6 is 0 Å². The van der Waals surface area contributed by atoms with Crippen LogP contribution in [0.4, 0.5) is 0 Å². The van der Waals surface area contributed by atoms with Crippen LogP contribution in [0.25, 0.3) is 0 Å². The molecule has 0 bridgehead atoms. The van der Waals surface area contributed by atoms with Crippen molar-refractivity contribution in [2.24, 2.45) is 0 Å². The molecule has 0 aromatic carbocycles. The van der Waals surface area contributed by atoms with Gasteiger partial charge in [-0.25, -0.2) is 0 Å². The molecule has 0 aromatic heterocycles. The van der Waals surface area contributed by atoms with Crippen LogP contribution in [0, 0.1) is 0 Å². The van der Waals surface area contributed by atoms with Crippen molar-refractivity contribution in [3.05, 3.63) is 24.3 Å². The average Bonchev–Trinajstić information content (AvgIpc) is 2.78. The van der Waals surface area contributed by atoms with Crippen LogP contribution in [-0.4, -0.2) is 49.2 Å². The van der Waals surface area contributed by atoms with Gasteiger partial charge in [0.2, 0.25) is 0 Å². The largest absolute Gasteiger partial charge is 0.396 e. The number of fused-ring (bicyclic) bond motifs is 1. The standard InChI is InChI=1S/C14H22O5/c1-4-8-16-9-6-10-11(5-7-15)17-13-12(10)18-14(2,3)19-13/h4,6,11-13,15H,1,5,7-9H2,2-3H3/b10-6-/t11-,12-,13-/m1/s1. The van der Waals surface area contributed by atoms with Crippen molar-refractivity contribution in [1.82, 2.24) is 0 Å². The van der Waals surface area contributed by atoms with Crippen LogP contribution in [0.1, 0.15) is 20.3 Å². The molecule has 0 spiro atoms. The molecule has 0 aliphatic carbocycles. The highest BCUT2D eigenvalue weighted by atomic mass is 16.8. The van der Waals surface area contributed by atoms with Gasteiger partial charge in [-0.2, -0.15) is 0 Å². The minimum Gasteiger partial charge on any atom is -0.396 e. The lowest BCUT2D eigenvalue weighted by molar-refractivity contribution is -0.201. The molecular weight excluding hydrogens is 248 g/mol. The second-order valence-corrected chi connectivity index (χ2v) is 5.09. The van der Waals surface area contributed by atoms with Gasteiger partial charge in [-0.1, -0.05) is 12.2 Å². The van der Waals surface area contributed by atoms with E-state index >= 15 is 0 Å². The van der Waals surface area contributed by atoms with E-state index in [1.165, 1.54) is 0 Å². The summed E-state index contributed by atoms with van der Waals surface area (Å²) in [4.78, 5) is 0. The summed E-state index contributed by atoms with van der Waals surface area (Å²) in [5.74, 6) is -0.638. The minimum atomic E-state index is -0.638. The molecule has 5 heteroatoms. The normalized spacial score (nSPS) is 34.7. The number of ether oxygens (including phenoxy) is 4. The smallest absolute Gasteiger partial charge is 0.191 e. The van der Waals surface area contributed by atoms with E-state index in [4.69, 9.17) is 24.1 Å². The Bertz CT molecular complexity index is 350. The lowest BCUT2D eigenvalue weighted by Gasteiger charge is -2.21. The Labute approximate surface area is 113 Å². The molecule has 0 amide bonds. The second kappa shape index (κ2) is 6.15. The highest BCUT2D eigenvalue weighted by Crippen LogP contribution is 2.41. The molecule has 19 heavy (non-hydrogen) atoms. The highest BCUT2D eigenvalue weighted by molar-refractivity contribution is 5.21. The molecule has 0 radical (unpaired) electrons. The molecular formula is C14H22O5. The van der Waals surface area contributed by atoms with E-state index in [9.17, 15) is 0 Å². The molecule has 3 atom stereocenters. The summed E-state index contributed by atoms with van der Waals surface area (Å²) in [6.07, 6.45) is 3.43. The monoisotopic (exact) mass is 270 g/mol. The molecule has 2 aliphatic heterocycles. The number of aliphatic hydroxyl groups is 1. The van der Waals surface area contributed by atoms with E-state index in [0.717, 1.165) is 5.57 Å².